The number of piperidine rings is 1. The van der Waals surface area contributed by atoms with E-state index in [0.717, 1.165) is 37.3 Å². The molecular formula is C21H28N6O. The molecule has 1 aliphatic heterocycles. The normalized spacial score (nSPS) is 20.8. The molecule has 1 aliphatic rings. The summed E-state index contributed by atoms with van der Waals surface area (Å²) in [6.45, 7) is 8.62. The van der Waals surface area contributed by atoms with Gasteiger partial charge in [0, 0.05) is 31.5 Å². The molecule has 3 atom stereocenters. The summed E-state index contributed by atoms with van der Waals surface area (Å²) in [6, 6.07) is 5.86. The van der Waals surface area contributed by atoms with Crippen molar-refractivity contribution in [3.8, 4) is 6.07 Å². The quantitative estimate of drug-likeness (QED) is 0.856. The zero-order valence-electron chi connectivity index (χ0n) is 17.0. The smallest absolute Gasteiger partial charge is 0.237 e. The van der Waals surface area contributed by atoms with Crippen molar-refractivity contribution in [1.29, 1.82) is 5.26 Å². The van der Waals surface area contributed by atoms with E-state index in [2.05, 4.69) is 33.2 Å². The Labute approximate surface area is 166 Å². The summed E-state index contributed by atoms with van der Waals surface area (Å²) >= 11 is 0. The van der Waals surface area contributed by atoms with Gasteiger partial charge in [0.1, 0.15) is 17.1 Å². The molecule has 3 rings (SSSR count). The Balaban J connectivity index is 1.83. The van der Waals surface area contributed by atoms with Crippen molar-refractivity contribution in [1.82, 2.24) is 20.2 Å². The Morgan fingerprint density at radius 3 is 2.75 bits per heavy atom. The number of hydrogen-bond acceptors (Lipinski definition) is 6. The molecule has 28 heavy (non-hydrogen) atoms. The fourth-order valence-electron chi connectivity index (χ4n) is 3.84. The Bertz CT molecular complexity index is 892. The minimum atomic E-state index is -0.155. The van der Waals surface area contributed by atoms with Crippen LogP contribution in [0.1, 0.15) is 32.8 Å². The van der Waals surface area contributed by atoms with Gasteiger partial charge in [0.25, 0.3) is 0 Å². The predicted octanol–water partition coefficient (Wildman–Crippen LogP) is 2.17. The van der Waals surface area contributed by atoms with E-state index in [9.17, 15) is 10.1 Å². The van der Waals surface area contributed by atoms with Gasteiger partial charge >= 0.3 is 0 Å². The van der Waals surface area contributed by atoms with Gasteiger partial charge in [0.15, 0.2) is 0 Å². The van der Waals surface area contributed by atoms with Crippen molar-refractivity contribution < 1.29 is 4.79 Å². The molecule has 1 saturated heterocycles. The highest BCUT2D eigenvalue weighted by Gasteiger charge is 2.29. The highest BCUT2D eigenvalue weighted by molar-refractivity contribution is 5.92. The number of rotatable bonds is 5. The molecule has 148 valence electrons. The number of likely N-dealkylation sites (N-methyl/N-ethyl adjacent to an activating group) is 1. The molecule has 1 N–H and O–H groups in total. The number of nitriles is 1. The average Bonchev–Trinajstić information content (AvgIpc) is 2.71. The maximum atomic E-state index is 12.6. The van der Waals surface area contributed by atoms with Crippen molar-refractivity contribution in [3.63, 3.8) is 0 Å². The minimum Gasteiger partial charge on any atom is -0.367 e. The van der Waals surface area contributed by atoms with E-state index in [0.29, 0.717) is 17.0 Å². The zero-order valence-corrected chi connectivity index (χ0v) is 17.0. The van der Waals surface area contributed by atoms with E-state index in [-0.39, 0.29) is 18.0 Å². The molecule has 7 nitrogen and oxygen atoms in total. The van der Waals surface area contributed by atoms with Crippen molar-refractivity contribution in [2.75, 3.05) is 31.6 Å². The average molecular weight is 380 g/mol. The van der Waals surface area contributed by atoms with Crippen LogP contribution in [0.25, 0.3) is 11.0 Å². The number of fused-ring (bicyclic) bond motifs is 1. The van der Waals surface area contributed by atoms with E-state index in [1.54, 1.807) is 18.5 Å². The molecular weight excluding hydrogens is 352 g/mol. The summed E-state index contributed by atoms with van der Waals surface area (Å²) in [5.74, 6) is 0.494. The van der Waals surface area contributed by atoms with Gasteiger partial charge in [0.2, 0.25) is 5.91 Å². The molecule has 1 amide bonds. The van der Waals surface area contributed by atoms with Crippen LogP contribution in [-0.2, 0) is 4.79 Å². The maximum Gasteiger partial charge on any atom is 0.237 e. The van der Waals surface area contributed by atoms with Gasteiger partial charge in [-0.2, -0.15) is 5.26 Å². The van der Waals surface area contributed by atoms with Crippen molar-refractivity contribution >= 4 is 22.6 Å². The topological polar surface area (TPSA) is 85.2 Å². The van der Waals surface area contributed by atoms with Gasteiger partial charge in [-0.3, -0.25) is 19.7 Å². The molecule has 7 heteroatoms. The van der Waals surface area contributed by atoms with Crippen molar-refractivity contribution in [2.24, 2.45) is 5.92 Å². The summed E-state index contributed by atoms with van der Waals surface area (Å²) in [4.78, 5) is 25.8. The van der Waals surface area contributed by atoms with Crippen LogP contribution >= 0.6 is 0 Å². The Morgan fingerprint density at radius 2 is 2.07 bits per heavy atom. The molecule has 0 bridgehead atoms. The second-order valence-electron chi connectivity index (χ2n) is 7.70. The third-order valence-corrected chi connectivity index (χ3v) is 5.61. The molecule has 1 aromatic heterocycles. The molecule has 2 heterocycles. The first-order valence-corrected chi connectivity index (χ1v) is 9.84. The Morgan fingerprint density at radius 1 is 1.36 bits per heavy atom. The van der Waals surface area contributed by atoms with Crippen LogP contribution in [0.4, 0.5) is 5.69 Å². The standard InChI is InChI=1S/C21H28N6O/c1-5-26(4)15(3)21(28)25-17-10-14(2)12-27(13-17)18-7-6-16(11-22)19-20(18)24-9-8-23-19/h6-9,14-15,17H,5,10,12-13H2,1-4H3,(H,25,28)/t14-,15?,17+/m0/s1. The summed E-state index contributed by atoms with van der Waals surface area (Å²) in [6.07, 6.45) is 4.22. The van der Waals surface area contributed by atoms with Crippen LogP contribution in [0.5, 0.6) is 0 Å². The van der Waals surface area contributed by atoms with Crippen molar-refractivity contribution in [3.05, 3.63) is 30.1 Å². The van der Waals surface area contributed by atoms with Gasteiger partial charge in [-0.25, -0.2) is 0 Å². The Kier molecular flexibility index (Phi) is 6.10. The lowest BCUT2D eigenvalue weighted by atomic mass is 9.94. The van der Waals surface area contributed by atoms with E-state index >= 15 is 0 Å². The number of anilines is 1. The van der Waals surface area contributed by atoms with Gasteiger partial charge in [-0.05, 0) is 45.0 Å². The molecule has 1 fully saturated rings. The van der Waals surface area contributed by atoms with Crippen LogP contribution in [-0.4, -0.2) is 59.5 Å². The Hall–Kier alpha value is -2.72. The SMILES string of the molecule is CCN(C)C(C)C(=O)N[C@@H]1C[C@H](C)CN(c2ccc(C#N)c3nccnc23)C1. The monoisotopic (exact) mass is 380 g/mol. The van der Waals surface area contributed by atoms with Gasteiger partial charge in [-0.15, -0.1) is 0 Å². The highest BCUT2D eigenvalue weighted by Crippen LogP contribution is 2.30. The molecule has 1 aromatic carbocycles. The molecule has 0 saturated carbocycles. The van der Waals surface area contributed by atoms with Crippen LogP contribution < -0.4 is 10.2 Å². The molecule has 0 radical (unpaired) electrons. The molecule has 0 aliphatic carbocycles. The fourth-order valence-corrected chi connectivity index (χ4v) is 3.84. The highest BCUT2D eigenvalue weighted by atomic mass is 16.2. The minimum absolute atomic E-state index is 0.0629. The third kappa shape index (κ3) is 4.07. The number of aromatic nitrogens is 2. The summed E-state index contributed by atoms with van der Waals surface area (Å²) in [5, 5.41) is 12.6. The second kappa shape index (κ2) is 8.53. The lowest BCUT2D eigenvalue weighted by molar-refractivity contribution is -0.126. The summed E-state index contributed by atoms with van der Waals surface area (Å²) in [7, 11) is 1.96. The number of carbonyl (C=O) groups excluding carboxylic acids is 1. The fraction of sp³-hybridized carbons (Fsp3) is 0.524. The van der Waals surface area contributed by atoms with Crippen molar-refractivity contribution in [2.45, 2.75) is 39.3 Å². The van der Waals surface area contributed by atoms with E-state index < -0.39 is 0 Å². The van der Waals surface area contributed by atoms with E-state index in [4.69, 9.17) is 0 Å². The first-order valence-electron chi connectivity index (χ1n) is 9.84. The van der Waals surface area contributed by atoms with Crippen LogP contribution in [0.2, 0.25) is 0 Å². The maximum absolute atomic E-state index is 12.6. The van der Waals surface area contributed by atoms with E-state index in [1.807, 2.05) is 31.9 Å². The van der Waals surface area contributed by atoms with Crippen LogP contribution in [0.15, 0.2) is 24.5 Å². The first kappa shape index (κ1) is 20.0. The number of carbonyl (C=O) groups is 1. The van der Waals surface area contributed by atoms with E-state index in [1.165, 1.54) is 0 Å². The molecule has 1 unspecified atom stereocenters. The third-order valence-electron chi connectivity index (χ3n) is 5.61. The predicted molar refractivity (Wildman–Crippen MR) is 110 cm³/mol. The molecule has 2 aromatic rings. The lowest BCUT2D eigenvalue weighted by Gasteiger charge is -2.39. The number of nitrogens with zero attached hydrogens (tertiary/aromatic N) is 5. The number of nitrogens with one attached hydrogen (secondary N) is 1. The summed E-state index contributed by atoms with van der Waals surface area (Å²) < 4.78 is 0. The largest absolute Gasteiger partial charge is 0.367 e. The summed E-state index contributed by atoms with van der Waals surface area (Å²) in [5.41, 5.74) is 2.85. The lowest BCUT2D eigenvalue weighted by Crippen LogP contribution is -2.54. The van der Waals surface area contributed by atoms with Gasteiger partial charge in [0.05, 0.1) is 17.3 Å². The number of benzene rings is 1. The first-order chi connectivity index (χ1) is 13.4. The van der Waals surface area contributed by atoms with Gasteiger partial charge < -0.3 is 10.2 Å². The van der Waals surface area contributed by atoms with Crippen LogP contribution in [0.3, 0.4) is 0 Å². The zero-order chi connectivity index (χ0) is 20.3. The second-order valence-corrected chi connectivity index (χ2v) is 7.70. The van der Waals surface area contributed by atoms with Gasteiger partial charge in [-0.1, -0.05) is 13.8 Å². The molecule has 0 spiro atoms. The number of amides is 1. The van der Waals surface area contributed by atoms with Crippen LogP contribution in [0, 0.1) is 17.2 Å². The number of hydrogen-bond donors (Lipinski definition) is 1.